The Kier molecular flexibility index (Phi) is 8.08. The van der Waals surface area contributed by atoms with Gasteiger partial charge in [-0.1, -0.05) is 29.5 Å². The van der Waals surface area contributed by atoms with Crippen molar-refractivity contribution in [3.8, 4) is 11.5 Å². The largest absolute Gasteiger partial charge is 1.00 e. The molecule has 0 saturated heterocycles. The van der Waals surface area contributed by atoms with Crippen molar-refractivity contribution in [2.24, 2.45) is 0 Å². The average Bonchev–Trinajstić information content (AvgIpc) is 3.04. The molecule has 28 heavy (non-hydrogen) atoms. The topological polar surface area (TPSA) is 82.5 Å². The third-order valence-corrected chi connectivity index (χ3v) is 5.78. The van der Waals surface area contributed by atoms with E-state index in [2.05, 4.69) is 0 Å². The van der Waals surface area contributed by atoms with Gasteiger partial charge in [0.15, 0.2) is 0 Å². The second-order valence-corrected chi connectivity index (χ2v) is 8.44. The van der Waals surface area contributed by atoms with Crippen molar-refractivity contribution < 1.29 is 45.9 Å². The highest BCUT2D eigenvalue weighted by molar-refractivity contribution is 7.87. The number of ether oxygens (including phenoxy) is 1. The Balaban J connectivity index is 0.00000280. The molecule has 0 radical (unpaired) electrons. The fourth-order valence-corrected chi connectivity index (χ4v) is 4.10. The third-order valence-electron chi connectivity index (χ3n) is 3.79. The fourth-order valence-electron chi connectivity index (χ4n) is 2.53. The summed E-state index contributed by atoms with van der Waals surface area (Å²) in [5, 5.41) is 2.69. The molecule has 0 aliphatic heterocycles. The SMILES string of the molecule is Cc1cc(OCCC[n+]2ccsc2N)cc(OS(=O)(=O)c2ccccc2)c1.[I-]. The van der Waals surface area contributed by atoms with E-state index in [1.807, 2.05) is 29.1 Å². The van der Waals surface area contributed by atoms with Gasteiger partial charge in [0.2, 0.25) is 0 Å². The molecule has 1 heterocycles. The predicted octanol–water partition coefficient (Wildman–Crippen LogP) is 0.167. The summed E-state index contributed by atoms with van der Waals surface area (Å²) in [6, 6.07) is 13.1. The quantitative estimate of drug-likeness (QED) is 0.194. The second kappa shape index (κ2) is 10.1. The zero-order valence-electron chi connectivity index (χ0n) is 15.2. The van der Waals surface area contributed by atoms with Crippen molar-refractivity contribution in [2.75, 3.05) is 12.3 Å². The molecule has 150 valence electrons. The summed E-state index contributed by atoms with van der Waals surface area (Å²) in [5.41, 5.74) is 6.70. The van der Waals surface area contributed by atoms with Crippen LogP contribution in [-0.4, -0.2) is 15.0 Å². The zero-order valence-corrected chi connectivity index (χ0v) is 19.0. The highest BCUT2D eigenvalue weighted by Gasteiger charge is 2.16. The number of nitrogen functional groups attached to an aromatic ring is 1. The first-order valence-corrected chi connectivity index (χ1v) is 10.7. The first-order chi connectivity index (χ1) is 12.9. The van der Waals surface area contributed by atoms with E-state index in [-0.39, 0.29) is 34.6 Å². The molecule has 6 nitrogen and oxygen atoms in total. The van der Waals surface area contributed by atoms with Gasteiger partial charge in [-0.2, -0.15) is 8.42 Å². The predicted molar refractivity (Wildman–Crippen MR) is 104 cm³/mol. The number of anilines is 1. The van der Waals surface area contributed by atoms with Crippen LogP contribution in [-0.2, 0) is 16.7 Å². The molecule has 0 aliphatic rings. The molecule has 0 fully saturated rings. The van der Waals surface area contributed by atoms with Crippen molar-refractivity contribution in [3.63, 3.8) is 0 Å². The number of hydrogen-bond acceptors (Lipinski definition) is 6. The van der Waals surface area contributed by atoms with E-state index in [1.165, 1.54) is 23.5 Å². The molecule has 2 N–H and O–H groups in total. The Morgan fingerprint density at radius 2 is 1.82 bits per heavy atom. The Morgan fingerprint density at radius 1 is 1.11 bits per heavy atom. The summed E-state index contributed by atoms with van der Waals surface area (Å²) in [6.45, 7) is 3.10. The summed E-state index contributed by atoms with van der Waals surface area (Å²) in [6.07, 6.45) is 2.71. The summed E-state index contributed by atoms with van der Waals surface area (Å²) in [7, 11) is -3.88. The standard InChI is InChI=1S/C19H20N2O4S2.HI/c1-15-12-16(24-10-5-8-21-9-11-26-19(21)20)14-17(13-15)25-27(22,23)18-6-3-2-4-7-18;/h2-4,6-7,9,11-14,20H,5,8,10H2,1H3;1H. The van der Waals surface area contributed by atoms with Gasteiger partial charge in [-0.05, 0) is 36.8 Å². The number of aryl methyl sites for hydroxylation is 2. The van der Waals surface area contributed by atoms with Crippen molar-refractivity contribution in [3.05, 3.63) is 65.7 Å². The number of benzene rings is 2. The smallest absolute Gasteiger partial charge is 0.339 e. The van der Waals surface area contributed by atoms with Crippen molar-refractivity contribution in [2.45, 2.75) is 24.8 Å². The average molecular weight is 532 g/mol. The maximum Gasteiger partial charge on any atom is 0.339 e. The monoisotopic (exact) mass is 532 g/mol. The first kappa shape index (κ1) is 22.4. The molecule has 0 atom stereocenters. The maximum atomic E-state index is 12.4. The lowest BCUT2D eigenvalue weighted by atomic mass is 10.2. The summed E-state index contributed by atoms with van der Waals surface area (Å²) >= 11 is 1.49. The number of rotatable bonds is 8. The molecule has 0 saturated carbocycles. The van der Waals surface area contributed by atoms with Crippen molar-refractivity contribution in [1.29, 1.82) is 0 Å². The van der Waals surface area contributed by atoms with Crippen LogP contribution in [0.2, 0.25) is 0 Å². The van der Waals surface area contributed by atoms with E-state index in [0.717, 1.165) is 23.7 Å². The minimum Gasteiger partial charge on any atom is -1.00 e. The van der Waals surface area contributed by atoms with Gasteiger partial charge in [-0.15, -0.1) is 0 Å². The van der Waals surface area contributed by atoms with Crippen LogP contribution in [0.15, 0.2) is 65.0 Å². The maximum absolute atomic E-state index is 12.4. The number of thiazole rings is 1. The van der Waals surface area contributed by atoms with Crippen LogP contribution in [0.3, 0.4) is 0 Å². The molecule has 9 heteroatoms. The fraction of sp³-hybridized carbons (Fsp3) is 0.211. The van der Waals surface area contributed by atoms with Gasteiger partial charge in [-0.3, -0.25) is 5.73 Å². The normalized spacial score (nSPS) is 10.9. The Hall–Kier alpha value is -1.85. The number of halogens is 1. The molecule has 3 aromatic rings. The molecule has 0 aliphatic carbocycles. The van der Waals surface area contributed by atoms with Gasteiger partial charge in [0.25, 0.3) is 0 Å². The van der Waals surface area contributed by atoms with E-state index in [0.29, 0.717) is 12.4 Å². The lowest BCUT2D eigenvalue weighted by Gasteiger charge is -2.11. The minimum absolute atomic E-state index is 0. The zero-order chi connectivity index (χ0) is 19.3. The van der Waals surface area contributed by atoms with Crippen molar-refractivity contribution in [1.82, 2.24) is 0 Å². The summed E-state index contributed by atoms with van der Waals surface area (Å²) in [4.78, 5) is 0.111. The van der Waals surface area contributed by atoms with E-state index in [4.69, 9.17) is 14.7 Å². The van der Waals surface area contributed by atoms with Crippen LogP contribution in [0.4, 0.5) is 5.13 Å². The Morgan fingerprint density at radius 3 is 2.50 bits per heavy atom. The lowest BCUT2D eigenvalue weighted by molar-refractivity contribution is -0.679. The van der Waals surface area contributed by atoms with Gasteiger partial charge in [0.1, 0.15) is 22.6 Å². The van der Waals surface area contributed by atoms with Crippen LogP contribution in [0.1, 0.15) is 12.0 Å². The van der Waals surface area contributed by atoms with Crippen molar-refractivity contribution >= 4 is 26.6 Å². The number of hydrogen-bond donors (Lipinski definition) is 1. The number of nitrogens with two attached hydrogens (primary N) is 1. The molecule has 3 rings (SSSR count). The molecule has 0 bridgehead atoms. The van der Waals surface area contributed by atoms with E-state index in [1.54, 1.807) is 30.3 Å². The minimum atomic E-state index is -3.88. The van der Waals surface area contributed by atoms with Gasteiger partial charge in [0.05, 0.1) is 13.2 Å². The summed E-state index contributed by atoms with van der Waals surface area (Å²) in [5.74, 6) is 0.793. The van der Waals surface area contributed by atoms with E-state index < -0.39 is 10.1 Å². The van der Waals surface area contributed by atoms with E-state index in [9.17, 15) is 8.42 Å². The van der Waals surface area contributed by atoms with Crippen LogP contribution in [0.5, 0.6) is 11.5 Å². The third kappa shape index (κ3) is 6.08. The van der Waals surface area contributed by atoms with Crippen LogP contribution in [0, 0.1) is 6.92 Å². The lowest BCUT2D eigenvalue weighted by Crippen LogP contribution is -3.00. The molecule has 0 unspecified atom stereocenters. The second-order valence-electron chi connectivity index (χ2n) is 5.97. The van der Waals surface area contributed by atoms with Gasteiger partial charge >= 0.3 is 15.2 Å². The Bertz CT molecular complexity index is 1010. The van der Waals surface area contributed by atoms with Crippen LogP contribution >= 0.6 is 11.3 Å². The summed E-state index contributed by atoms with van der Waals surface area (Å²) < 4.78 is 37.7. The highest BCUT2D eigenvalue weighted by Crippen LogP contribution is 2.25. The molecule has 0 amide bonds. The molecule has 1 aromatic heterocycles. The Labute approximate surface area is 186 Å². The van der Waals surface area contributed by atoms with Crippen LogP contribution in [0.25, 0.3) is 0 Å². The molecule has 0 spiro atoms. The molecular formula is C19H21IN2O4S2. The van der Waals surface area contributed by atoms with Crippen LogP contribution < -0.4 is 43.2 Å². The van der Waals surface area contributed by atoms with Gasteiger partial charge < -0.3 is 32.9 Å². The van der Waals surface area contributed by atoms with Gasteiger partial charge in [0, 0.05) is 17.9 Å². The molecule has 2 aromatic carbocycles. The first-order valence-electron chi connectivity index (χ1n) is 8.40. The molecular weight excluding hydrogens is 511 g/mol. The number of nitrogens with zero attached hydrogens (tertiary/aromatic N) is 1. The van der Waals surface area contributed by atoms with Gasteiger partial charge in [-0.25, -0.2) is 4.57 Å². The van der Waals surface area contributed by atoms with E-state index >= 15 is 0 Å². The highest BCUT2D eigenvalue weighted by atomic mass is 127. The number of aromatic nitrogens is 1.